The van der Waals surface area contributed by atoms with Crippen molar-refractivity contribution in [1.29, 1.82) is 0 Å². The van der Waals surface area contributed by atoms with Crippen LogP contribution < -0.4 is 0 Å². The van der Waals surface area contributed by atoms with Gasteiger partial charge in [0, 0.05) is 19.6 Å². The van der Waals surface area contributed by atoms with E-state index in [2.05, 4.69) is 16.7 Å². The molecule has 5 heteroatoms. The molecule has 1 aliphatic rings. The van der Waals surface area contributed by atoms with Gasteiger partial charge < -0.3 is 14.7 Å². The van der Waals surface area contributed by atoms with Crippen molar-refractivity contribution in [3.63, 3.8) is 0 Å². The molecule has 1 saturated heterocycles. The van der Waals surface area contributed by atoms with Gasteiger partial charge in [0.1, 0.15) is 0 Å². The van der Waals surface area contributed by atoms with Crippen LogP contribution in [0.5, 0.6) is 0 Å². The second-order valence-corrected chi connectivity index (χ2v) is 5.50. The maximum atomic E-state index is 10.7. The molecule has 0 aliphatic carbocycles. The Morgan fingerprint density at radius 2 is 1.85 bits per heavy atom. The van der Waals surface area contributed by atoms with E-state index in [0.29, 0.717) is 6.54 Å². The molecular formula is C15H30N2O3. The van der Waals surface area contributed by atoms with Gasteiger partial charge in [-0.15, -0.1) is 0 Å². The normalized spacial score (nSPS) is 16.7. The molecule has 0 unspecified atom stereocenters. The Morgan fingerprint density at radius 1 is 1.15 bits per heavy atom. The van der Waals surface area contributed by atoms with Crippen molar-refractivity contribution in [2.45, 2.75) is 39.0 Å². The summed E-state index contributed by atoms with van der Waals surface area (Å²) in [5.74, 6) is -0.696. The van der Waals surface area contributed by atoms with Gasteiger partial charge in [-0.05, 0) is 32.5 Å². The van der Waals surface area contributed by atoms with Gasteiger partial charge in [-0.1, -0.05) is 19.8 Å². The fraction of sp³-hybridized carbons (Fsp3) is 0.933. The third-order valence-electron chi connectivity index (χ3n) is 3.77. The molecular weight excluding hydrogens is 256 g/mol. The van der Waals surface area contributed by atoms with E-state index < -0.39 is 5.97 Å². The van der Waals surface area contributed by atoms with E-state index in [4.69, 9.17) is 9.84 Å². The van der Waals surface area contributed by atoms with Gasteiger partial charge in [0.2, 0.25) is 0 Å². The molecule has 0 amide bonds. The molecule has 118 valence electrons. The van der Waals surface area contributed by atoms with Crippen LogP contribution in [0.15, 0.2) is 0 Å². The number of hydrogen-bond donors (Lipinski definition) is 1. The molecule has 0 aromatic rings. The van der Waals surface area contributed by atoms with Crippen LogP contribution in [0, 0.1) is 0 Å². The smallest absolute Gasteiger partial charge is 0.304 e. The maximum absolute atomic E-state index is 10.7. The van der Waals surface area contributed by atoms with Crippen molar-refractivity contribution in [2.75, 3.05) is 52.5 Å². The minimum Gasteiger partial charge on any atom is -0.481 e. The molecule has 0 atom stereocenters. The third kappa shape index (κ3) is 8.51. The minimum absolute atomic E-state index is 0.254. The molecule has 20 heavy (non-hydrogen) atoms. The number of morpholine rings is 1. The van der Waals surface area contributed by atoms with Gasteiger partial charge in [0.15, 0.2) is 0 Å². The zero-order chi connectivity index (χ0) is 14.6. The highest BCUT2D eigenvalue weighted by atomic mass is 16.5. The fourth-order valence-electron chi connectivity index (χ4n) is 2.52. The van der Waals surface area contributed by atoms with E-state index in [0.717, 1.165) is 52.4 Å². The number of nitrogens with zero attached hydrogens (tertiary/aromatic N) is 2. The lowest BCUT2D eigenvalue weighted by Gasteiger charge is -2.28. The predicted octanol–water partition coefficient (Wildman–Crippen LogP) is 1.68. The highest BCUT2D eigenvalue weighted by molar-refractivity contribution is 5.66. The van der Waals surface area contributed by atoms with Crippen LogP contribution in [-0.4, -0.2) is 73.4 Å². The highest BCUT2D eigenvalue weighted by Gasteiger charge is 2.11. The summed E-state index contributed by atoms with van der Waals surface area (Å²) in [4.78, 5) is 15.5. The molecule has 5 nitrogen and oxygen atoms in total. The Bertz CT molecular complexity index is 256. The summed E-state index contributed by atoms with van der Waals surface area (Å²) in [6.07, 6.45) is 4.98. The largest absolute Gasteiger partial charge is 0.481 e. The van der Waals surface area contributed by atoms with Crippen LogP contribution in [0.4, 0.5) is 0 Å². The Morgan fingerprint density at radius 3 is 2.50 bits per heavy atom. The predicted molar refractivity (Wildman–Crippen MR) is 80.1 cm³/mol. The quantitative estimate of drug-likeness (QED) is 0.586. The second kappa shape index (κ2) is 11.1. The lowest BCUT2D eigenvalue weighted by atomic mass is 10.2. The number of unbranched alkanes of at least 4 members (excludes halogenated alkanes) is 2. The summed E-state index contributed by atoms with van der Waals surface area (Å²) in [6.45, 7) is 9.77. The standard InChI is InChI=1S/C15H30N2O3/c1-2-3-4-7-16(10-6-15(18)19)8-5-9-17-11-13-20-14-12-17/h2-14H2,1H3,(H,18,19). The number of ether oxygens (including phenoxy) is 1. The van der Waals surface area contributed by atoms with E-state index in [9.17, 15) is 4.79 Å². The number of rotatable bonds is 11. The third-order valence-corrected chi connectivity index (χ3v) is 3.77. The number of carboxylic acids is 1. The first-order valence-corrected chi connectivity index (χ1v) is 7.96. The summed E-state index contributed by atoms with van der Waals surface area (Å²) < 4.78 is 5.34. The molecule has 0 aromatic heterocycles. The van der Waals surface area contributed by atoms with E-state index in [-0.39, 0.29) is 6.42 Å². The summed E-state index contributed by atoms with van der Waals surface area (Å²) in [7, 11) is 0. The highest BCUT2D eigenvalue weighted by Crippen LogP contribution is 2.03. The van der Waals surface area contributed by atoms with Gasteiger partial charge in [-0.2, -0.15) is 0 Å². The first kappa shape index (κ1) is 17.4. The molecule has 1 rings (SSSR count). The average molecular weight is 286 g/mol. The topological polar surface area (TPSA) is 53.0 Å². The number of carboxylic acid groups (broad SMARTS) is 1. The van der Waals surface area contributed by atoms with Crippen molar-refractivity contribution in [1.82, 2.24) is 9.80 Å². The summed E-state index contributed by atoms with van der Waals surface area (Å²) >= 11 is 0. The van der Waals surface area contributed by atoms with Gasteiger partial charge in [-0.25, -0.2) is 0 Å². The van der Waals surface area contributed by atoms with Crippen LogP contribution >= 0.6 is 0 Å². The Hall–Kier alpha value is -0.650. The molecule has 1 N–H and O–H groups in total. The van der Waals surface area contributed by atoms with E-state index in [1.165, 1.54) is 19.3 Å². The van der Waals surface area contributed by atoms with E-state index >= 15 is 0 Å². The van der Waals surface area contributed by atoms with Crippen LogP contribution in [-0.2, 0) is 9.53 Å². The molecule has 1 fully saturated rings. The first-order valence-electron chi connectivity index (χ1n) is 7.96. The van der Waals surface area contributed by atoms with E-state index in [1.807, 2.05) is 0 Å². The number of hydrogen-bond acceptors (Lipinski definition) is 4. The Balaban J connectivity index is 2.17. The minimum atomic E-state index is -0.696. The lowest BCUT2D eigenvalue weighted by molar-refractivity contribution is -0.137. The van der Waals surface area contributed by atoms with Crippen molar-refractivity contribution >= 4 is 5.97 Å². The van der Waals surface area contributed by atoms with Crippen LogP contribution in [0.2, 0.25) is 0 Å². The zero-order valence-corrected chi connectivity index (χ0v) is 12.9. The molecule has 1 heterocycles. The van der Waals surface area contributed by atoms with Crippen molar-refractivity contribution in [3.05, 3.63) is 0 Å². The van der Waals surface area contributed by atoms with Crippen molar-refractivity contribution in [3.8, 4) is 0 Å². The average Bonchev–Trinajstić information content (AvgIpc) is 2.45. The van der Waals surface area contributed by atoms with Gasteiger partial charge in [-0.3, -0.25) is 9.69 Å². The Labute approximate surface area is 122 Å². The Kier molecular flexibility index (Phi) is 9.62. The first-order chi connectivity index (χ1) is 9.72. The SMILES string of the molecule is CCCCCN(CCCN1CCOCC1)CCC(=O)O. The van der Waals surface area contributed by atoms with Crippen LogP contribution in [0.25, 0.3) is 0 Å². The maximum Gasteiger partial charge on any atom is 0.304 e. The molecule has 0 bridgehead atoms. The fourth-order valence-corrected chi connectivity index (χ4v) is 2.52. The van der Waals surface area contributed by atoms with Crippen molar-refractivity contribution in [2.24, 2.45) is 0 Å². The second-order valence-electron chi connectivity index (χ2n) is 5.50. The summed E-state index contributed by atoms with van der Waals surface area (Å²) in [5.41, 5.74) is 0. The molecule has 1 aliphatic heterocycles. The molecule has 0 saturated carbocycles. The monoisotopic (exact) mass is 286 g/mol. The summed E-state index contributed by atoms with van der Waals surface area (Å²) in [5, 5.41) is 8.81. The molecule has 0 spiro atoms. The number of carbonyl (C=O) groups is 1. The molecule has 0 radical (unpaired) electrons. The number of aliphatic carboxylic acids is 1. The van der Waals surface area contributed by atoms with Crippen LogP contribution in [0.3, 0.4) is 0 Å². The van der Waals surface area contributed by atoms with Gasteiger partial charge >= 0.3 is 5.97 Å². The van der Waals surface area contributed by atoms with Crippen molar-refractivity contribution < 1.29 is 14.6 Å². The molecule has 0 aromatic carbocycles. The van der Waals surface area contributed by atoms with E-state index in [1.54, 1.807) is 0 Å². The zero-order valence-electron chi connectivity index (χ0n) is 12.9. The summed E-state index contributed by atoms with van der Waals surface area (Å²) in [6, 6.07) is 0. The van der Waals surface area contributed by atoms with Gasteiger partial charge in [0.25, 0.3) is 0 Å². The van der Waals surface area contributed by atoms with Crippen LogP contribution in [0.1, 0.15) is 39.0 Å². The van der Waals surface area contributed by atoms with Gasteiger partial charge in [0.05, 0.1) is 19.6 Å². The lowest BCUT2D eigenvalue weighted by Crippen LogP contribution is -2.38.